The highest BCUT2D eigenvalue weighted by Crippen LogP contribution is 2.39. The molecule has 0 spiro atoms. The fraction of sp³-hybridized carbons (Fsp3) is 0.500. The van der Waals surface area contributed by atoms with E-state index < -0.39 is 0 Å². The van der Waals surface area contributed by atoms with Gasteiger partial charge < -0.3 is 15.0 Å². The van der Waals surface area contributed by atoms with Crippen LogP contribution < -0.4 is 10.1 Å². The van der Waals surface area contributed by atoms with Gasteiger partial charge in [-0.3, -0.25) is 9.59 Å². The minimum absolute atomic E-state index is 0.0193. The second-order valence-corrected chi connectivity index (χ2v) is 9.97. The van der Waals surface area contributed by atoms with E-state index in [1.165, 1.54) is 24.0 Å². The number of ether oxygens (including phenoxy) is 1. The van der Waals surface area contributed by atoms with E-state index >= 15 is 0 Å². The molecule has 1 heterocycles. The van der Waals surface area contributed by atoms with Crippen molar-refractivity contribution in [3.05, 3.63) is 64.7 Å². The van der Waals surface area contributed by atoms with E-state index in [4.69, 9.17) is 4.74 Å². The summed E-state index contributed by atoms with van der Waals surface area (Å²) in [5, 5.41) is 2.95. The highest BCUT2D eigenvalue weighted by atomic mass is 16.5. The lowest BCUT2D eigenvalue weighted by molar-refractivity contribution is -0.137. The molecule has 3 aliphatic rings. The fourth-order valence-electron chi connectivity index (χ4n) is 5.22. The van der Waals surface area contributed by atoms with Gasteiger partial charge in [0.05, 0.1) is 6.04 Å². The Hall–Kier alpha value is -2.82. The van der Waals surface area contributed by atoms with E-state index in [0.29, 0.717) is 11.7 Å². The van der Waals surface area contributed by atoms with Crippen LogP contribution >= 0.6 is 0 Å². The first-order valence-corrected chi connectivity index (χ1v) is 12.5. The minimum Gasteiger partial charge on any atom is -0.484 e. The van der Waals surface area contributed by atoms with Gasteiger partial charge in [0.25, 0.3) is 5.91 Å². The number of amides is 2. The quantitative estimate of drug-likeness (QED) is 0.678. The number of benzene rings is 2. The van der Waals surface area contributed by atoms with Gasteiger partial charge in [-0.15, -0.1) is 0 Å². The minimum atomic E-state index is -0.116. The zero-order chi connectivity index (χ0) is 22.8. The third kappa shape index (κ3) is 5.07. The van der Waals surface area contributed by atoms with Gasteiger partial charge in [0.1, 0.15) is 5.75 Å². The van der Waals surface area contributed by atoms with Crippen molar-refractivity contribution in [2.24, 2.45) is 11.8 Å². The Morgan fingerprint density at radius 2 is 1.79 bits per heavy atom. The summed E-state index contributed by atoms with van der Waals surface area (Å²) in [5.41, 5.74) is 4.71. The Balaban J connectivity index is 1.39. The van der Waals surface area contributed by atoms with Crippen LogP contribution in [0.15, 0.2) is 42.5 Å². The van der Waals surface area contributed by atoms with Crippen molar-refractivity contribution in [3.63, 3.8) is 0 Å². The van der Waals surface area contributed by atoms with Crippen LogP contribution in [0, 0.1) is 18.8 Å². The number of aryl methyl sites for hydroxylation is 1. The van der Waals surface area contributed by atoms with Crippen LogP contribution in [-0.4, -0.2) is 36.4 Å². The molecule has 33 heavy (non-hydrogen) atoms. The van der Waals surface area contributed by atoms with Crippen molar-refractivity contribution < 1.29 is 14.3 Å². The first kappa shape index (κ1) is 22.0. The molecule has 5 heteroatoms. The summed E-state index contributed by atoms with van der Waals surface area (Å²) in [6, 6.07) is 14.5. The lowest BCUT2D eigenvalue weighted by Crippen LogP contribution is -2.43. The topological polar surface area (TPSA) is 58.6 Å². The van der Waals surface area contributed by atoms with Crippen molar-refractivity contribution in [2.45, 2.75) is 57.9 Å². The molecule has 2 fully saturated rings. The molecule has 5 nitrogen and oxygen atoms in total. The van der Waals surface area contributed by atoms with Crippen LogP contribution in [0.4, 0.5) is 0 Å². The molecular formula is C28H34N2O3. The largest absolute Gasteiger partial charge is 0.484 e. The molecule has 1 N–H and O–H groups in total. The van der Waals surface area contributed by atoms with E-state index in [0.717, 1.165) is 56.3 Å². The SMILES string of the molecule is Cc1ccc(C2c3cc(OCC(=O)NCC4CC4)ccc3CCN2C(=O)C2CCCC2)cc1. The maximum absolute atomic E-state index is 13.5. The Labute approximate surface area is 196 Å². The van der Waals surface area contributed by atoms with Crippen molar-refractivity contribution in [1.29, 1.82) is 0 Å². The molecule has 1 aliphatic heterocycles. The van der Waals surface area contributed by atoms with Gasteiger partial charge in [0, 0.05) is 19.0 Å². The summed E-state index contributed by atoms with van der Waals surface area (Å²) in [7, 11) is 0. The smallest absolute Gasteiger partial charge is 0.257 e. The van der Waals surface area contributed by atoms with Gasteiger partial charge in [0.2, 0.25) is 5.91 Å². The molecule has 2 aromatic carbocycles. The lowest BCUT2D eigenvalue weighted by Gasteiger charge is -2.39. The second kappa shape index (κ2) is 9.58. The van der Waals surface area contributed by atoms with Crippen LogP contribution in [0.25, 0.3) is 0 Å². The molecule has 1 atom stereocenters. The first-order valence-electron chi connectivity index (χ1n) is 12.5. The zero-order valence-electron chi connectivity index (χ0n) is 19.5. The number of hydrogen-bond acceptors (Lipinski definition) is 3. The van der Waals surface area contributed by atoms with Gasteiger partial charge in [-0.25, -0.2) is 0 Å². The maximum atomic E-state index is 13.5. The van der Waals surface area contributed by atoms with Gasteiger partial charge in [0.15, 0.2) is 6.61 Å². The predicted molar refractivity (Wildman–Crippen MR) is 128 cm³/mol. The van der Waals surface area contributed by atoms with Crippen molar-refractivity contribution in [2.75, 3.05) is 19.7 Å². The summed E-state index contributed by atoms with van der Waals surface area (Å²) in [6.45, 7) is 3.59. The molecule has 2 aliphatic carbocycles. The third-order valence-corrected chi connectivity index (χ3v) is 7.38. The summed E-state index contributed by atoms with van der Waals surface area (Å²) < 4.78 is 5.87. The van der Waals surface area contributed by atoms with E-state index in [2.05, 4.69) is 47.5 Å². The molecule has 1 unspecified atom stereocenters. The number of hydrogen-bond donors (Lipinski definition) is 1. The number of carbonyl (C=O) groups is 2. The summed E-state index contributed by atoms with van der Waals surface area (Å²) in [5.74, 6) is 1.69. The summed E-state index contributed by atoms with van der Waals surface area (Å²) in [4.78, 5) is 27.8. The van der Waals surface area contributed by atoms with E-state index in [1.54, 1.807) is 0 Å². The Kier molecular flexibility index (Phi) is 6.39. The Morgan fingerprint density at radius 1 is 1.03 bits per heavy atom. The van der Waals surface area contributed by atoms with Gasteiger partial charge in [-0.05, 0) is 73.8 Å². The van der Waals surface area contributed by atoms with Gasteiger partial charge in [-0.1, -0.05) is 48.7 Å². The van der Waals surface area contributed by atoms with Crippen LogP contribution in [0.2, 0.25) is 0 Å². The number of fused-ring (bicyclic) bond motifs is 1. The molecule has 174 valence electrons. The zero-order valence-corrected chi connectivity index (χ0v) is 19.5. The molecule has 2 amide bonds. The van der Waals surface area contributed by atoms with E-state index in [9.17, 15) is 9.59 Å². The van der Waals surface area contributed by atoms with Crippen LogP contribution in [0.3, 0.4) is 0 Å². The highest BCUT2D eigenvalue weighted by molar-refractivity contribution is 5.80. The van der Waals surface area contributed by atoms with E-state index in [-0.39, 0.29) is 30.4 Å². The molecule has 2 aromatic rings. The standard InChI is InChI=1S/C28H34N2O3/c1-19-6-10-22(11-7-19)27-25-16-24(33-18-26(31)29-17-20-8-9-20)13-12-21(25)14-15-30(27)28(32)23-4-2-3-5-23/h6-7,10-13,16,20,23,27H,2-5,8-9,14-15,17-18H2,1H3,(H,29,31). The molecular weight excluding hydrogens is 412 g/mol. The lowest BCUT2D eigenvalue weighted by atomic mass is 9.86. The normalized spacial score (nSPS) is 20.4. The van der Waals surface area contributed by atoms with Gasteiger partial charge >= 0.3 is 0 Å². The maximum Gasteiger partial charge on any atom is 0.257 e. The molecule has 2 saturated carbocycles. The molecule has 0 bridgehead atoms. The summed E-state index contributed by atoms with van der Waals surface area (Å²) in [6.07, 6.45) is 7.57. The predicted octanol–water partition coefficient (Wildman–Crippen LogP) is 4.56. The molecule has 5 rings (SSSR count). The monoisotopic (exact) mass is 446 g/mol. The van der Waals surface area contributed by atoms with Crippen molar-refractivity contribution in [3.8, 4) is 5.75 Å². The van der Waals surface area contributed by atoms with Crippen LogP contribution in [-0.2, 0) is 16.0 Å². The second-order valence-electron chi connectivity index (χ2n) is 9.97. The van der Waals surface area contributed by atoms with Crippen molar-refractivity contribution >= 4 is 11.8 Å². The third-order valence-electron chi connectivity index (χ3n) is 7.38. The van der Waals surface area contributed by atoms with E-state index in [1.807, 2.05) is 12.1 Å². The van der Waals surface area contributed by atoms with Crippen LogP contribution in [0.1, 0.15) is 66.8 Å². The molecule has 0 aromatic heterocycles. The number of carbonyl (C=O) groups excluding carboxylic acids is 2. The van der Waals surface area contributed by atoms with Crippen LogP contribution in [0.5, 0.6) is 5.75 Å². The Morgan fingerprint density at radius 3 is 2.52 bits per heavy atom. The number of rotatable bonds is 7. The Bertz CT molecular complexity index is 1010. The average Bonchev–Trinajstić information content (AvgIpc) is 3.51. The number of nitrogens with zero attached hydrogens (tertiary/aromatic N) is 1. The van der Waals surface area contributed by atoms with Gasteiger partial charge in [-0.2, -0.15) is 0 Å². The van der Waals surface area contributed by atoms with Crippen molar-refractivity contribution in [1.82, 2.24) is 10.2 Å². The summed E-state index contributed by atoms with van der Waals surface area (Å²) >= 11 is 0. The first-order chi connectivity index (χ1) is 16.1. The molecule has 0 radical (unpaired) electrons. The average molecular weight is 447 g/mol. The highest BCUT2D eigenvalue weighted by Gasteiger charge is 2.36. The fourth-order valence-corrected chi connectivity index (χ4v) is 5.22. The number of nitrogens with one attached hydrogen (secondary N) is 1. The molecule has 0 saturated heterocycles.